The molecule has 2 unspecified atom stereocenters. The van der Waals surface area contributed by atoms with Crippen LogP contribution >= 0.6 is 12.6 Å². The van der Waals surface area contributed by atoms with Crippen LogP contribution in [-0.4, -0.2) is 20.0 Å². The van der Waals surface area contributed by atoms with Gasteiger partial charge in [-0.25, -0.2) is 0 Å². The molecule has 0 N–H and O–H groups in total. The highest BCUT2D eigenvalue weighted by Crippen LogP contribution is 2.44. The van der Waals surface area contributed by atoms with Gasteiger partial charge in [-0.15, -0.1) is 0 Å². The molecule has 19 heavy (non-hydrogen) atoms. The summed E-state index contributed by atoms with van der Waals surface area (Å²) in [7, 11) is 3.39. The van der Waals surface area contributed by atoms with Crippen LogP contribution in [0.5, 0.6) is 11.5 Å². The molecule has 0 aromatic heterocycles. The number of hydrogen-bond donors (Lipinski definition) is 1. The zero-order valence-corrected chi connectivity index (χ0v) is 12.8. The van der Waals surface area contributed by atoms with Gasteiger partial charge in [-0.1, -0.05) is 12.5 Å². The molecule has 0 amide bonds. The molecule has 2 atom stereocenters. The summed E-state index contributed by atoms with van der Waals surface area (Å²) in [5, 5.41) is 0. The van der Waals surface area contributed by atoms with E-state index in [0.717, 1.165) is 23.2 Å². The van der Waals surface area contributed by atoms with Gasteiger partial charge in [0.1, 0.15) is 0 Å². The highest BCUT2D eigenvalue weighted by atomic mass is 32.1. The van der Waals surface area contributed by atoms with Crippen molar-refractivity contribution in [3.63, 3.8) is 0 Å². The van der Waals surface area contributed by atoms with Crippen molar-refractivity contribution in [3.05, 3.63) is 23.8 Å². The minimum atomic E-state index is 0.680. The van der Waals surface area contributed by atoms with Gasteiger partial charge in [-0.2, -0.15) is 12.6 Å². The van der Waals surface area contributed by atoms with E-state index >= 15 is 0 Å². The molecule has 0 spiro atoms. The maximum absolute atomic E-state index is 5.42. The van der Waals surface area contributed by atoms with Crippen molar-refractivity contribution in [2.45, 2.75) is 38.0 Å². The second-order valence-corrected chi connectivity index (χ2v) is 5.72. The number of ether oxygens (including phenoxy) is 2. The first-order chi connectivity index (χ1) is 9.30. The van der Waals surface area contributed by atoms with Crippen molar-refractivity contribution in [3.8, 4) is 11.5 Å². The fourth-order valence-electron chi connectivity index (χ4n) is 3.26. The van der Waals surface area contributed by atoms with Crippen LogP contribution < -0.4 is 9.47 Å². The van der Waals surface area contributed by atoms with Crippen LogP contribution in [0.3, 0.4) is 0 Å². The van der Waals surface area contributed by atoms with Crippen molar-refractivity contribution in [1.82, 2.24) is 0 Å². The second-order valence-electron chi connectivity index (χ2n) is 5.28. The molecule has 0 heterocycles. The van der Waals surface area contributed by atoms with Crippen LogP contribution in [0.4, 0.5) is 0 Å². The van der Waals surface area contributed by atoms with Gasteiger partial charge in [0, 0.05) is 0 Å². The Balaban J connectivity index is 2.16. The van der Waals surface area contributed by atoms with Crippen molar-refractivity contribution in [2.24, 2.45) is 5.92 Å². The van der Waals surface area contributed by atoms with Gasteiger partial charge in [-0.05, 0) is 61.0 Å². The van der Waals surface area contributed by atoms with E-state index in [0.29, 0.717) is 5.92 Å². The molecule has 1 saturated carbocycles. The van der Waals surface area contributed by atoms with Gasteiger partial charge in [0.2, 0.25) is 0 Å². The van der Waals surface area contributed by atoms with Crippen molar-refractivity contribution in [1.29, 1.82) is 0 Å². The Bertz CT molecular complexity index is 406. The molecule has 106 valence electrons. The maximum Gasteiger partial charge on any atom is 0.160 e. The summed E-state index contributed by atoms with van der Waals surface area (Å²) < 4.78 is 10.7. The number of benzene rings is 1. The number of rotatable bonds is 6. The van der Waals surface area contributed by atoms with Gasteiger partial charge in [0.05, 0.1) is 14.2 Å². The summed E-state index contributed by atoms with van der Waals surface area (Å²) >= 11 is 4.33. The van der Waals surface area contributed by atoms with E-state index in [1.165, 1.54) is 37.7 Å². The van der Waals surface area contributed by atoms with Crippen LogP contribution in [-0.2, 0) is 0 Å². The summed E-state index contributed by atoms with van der Waals surface area (Å²) in [6.07, 6.45) is 6.51. The molecular formula is C16H24O2S. The van der Waals surface area contributed by atoms with Gasteiger partial charge >= 0.3 is 0 Å². The molecule has 0 radical (unpaired) electrons. The Morgan fingerprint density at radius 2 is 1.95 bits per heavy atom. The SMILES string of the molecule is COc1ccc(C2CCCC2CCCS)cc1OC. The van der Waals surface area contributed by atoms with Crippen molar-refractivity contribution < 1.29 is 9.47 Å². The van der Waals surface area contributed by atoms with E-state index in [9.17, 15) is 0 Å². The Labute approximate surface area is 121 Å². The van der Waals surface area contributed by atoms with E-state index in [1.807, 2.05) is 6.07 Å². The van der Waals surface area contributed by atoms with Crippen molar-refractivity contribution >= 4 is 12.6 Å². The summed E-state index contributed by atoms with van der Waals surface area (Å²) in [5.41, 5.74) is 1.40. The van der Waals surface area contributed by atoms with Gasteiger partial charge in [0.25, 0.3) is 0 Å². The fourth-order valence-corrected chi connectivity index (χ4v) is 3.44. The average molecular weight is 280 g/mol. The molecule has 0 saturated heterocycles. The molecule has 1 aliphatic rings. The molecule has 1 aromatic rings. The lowest BCUT2D eigenvalue weighted by Crippen LogP contribution is -2.07. The first-order valence-electron chi connectivity index (χ1n) is 7.13. The zero-order valence-electron chi connectivity index (χ0n) is 11.9. The van der Waals surface area contributed by atoms with Crippen LogP contribution in [0.2, 0.25) is 0 Å². The maximum atomic E-state index is 5.42. The number of hydrogen-bond acceptors (Lipinski definition) is 3. The van der Waals surface area contributed by atoms with Gasteiger partial charge in [0.15, 0.2) is 11.5 Å². The molecule has 0 aliphatic heterocycles. The molecular weight excluding hydrogens is 256 g/mol. The third kappa shape index (κ3) is 3.38. The van der Waals surface area contributed by atoms with Gasteiger partial charge in [-0.3, -0.25) is 0 Å². The first kappa shape index (κ1) is 14.6. The number of thiol groups is 1. The van der Waals surface area contributed by atoms with E-state index < -0.39 is 0 Å². The summed E-state index contributed by atoms with van der Waals surface area (Å²) in [4.78, 5) is 0. The Morgan fingerprint density at radius 1 is 1.16 bits per heavy atom. The van der Waals surface area contributed by atoms with E-state index in [1.54, 1.807) is 14.2 Å². The van der Waals surface area contributed by atoms with Crippen LogP contribution in [0.15, 0.2) is 18.2 Å². The molecule has 2 nitrogen and oxygen atoms in total. The van der Waals surface area contributed by atoms with Crippen molar-refractivity contribution in [2.75, 3.05) is 20.0 Å². The third-order valence-corrected chi connectivity index (χ3v) is 4.54. The highest BCUT2D eigenvalue weighted by Gasteiger charge is 2.28. The zero-order chi connectivity index (χ0) is 13.7. The van der Waals surface area contributed by atoms with E-state index in [-0.39, 0.29) is 0 Å². The molecule has 0 bridgehead atoms. The topological polar surface area (TPSA) is 18.5 Å². The van der Waals surface area contributed by atoms with Gasteiger partial charge < -0.3 is 9.47 Å². The minimum Gasteiger partial charge on any atom is -0.493 e. The Hall–Kier alpha value is -0.830. The lowest BCUT2D eigenvalue weighted by atomic mass is 9.86. The monoisotopic (exact) mass is 280 g/mol. The quantitative estimate of drug-likeness (QED) is 0.783. The average Bonchev–Trinajstić information content (AvgIpc) is 2.92. The number of methoxy groups -OCH3 is 2. The van der Waals surface area contributed by atoms with E-state index in [2.05, 4.69) is 24.8 Å². The fraction of sp³-hybridized carbons (Fsp3) is 0.625. The molecule has 1 fully saturated rings. The predicted molar refractivity (Wildman–Crippen MR) is 82.7 cm³/mol. The standard InChI is InChI=1S/C16H24O2S/c1-17-15-9-8-13(11-16(15)18-2)14-7-3-5-12(14)6-4-10-19/h8-9,11-12,14,19H,3-7,10H2,1-2H3. The Kier molecular flexibility index (Phi) is 5.44. The summed E-state index contributed by atoms with van der Waals surface area (Å²) in [6, 6.07) is 6.38. The molecule has 3 heteroatoms. The van der Waals surface area contributed by atoms with Crippen LogP contribution in [0, 0.1) is 5.92 Å². The normalized spacial score (nSPS) is 22.5. The summed E-state index contributed by atoms with van der Waals surface area (Å²) in [6.45, 7) is 0. The van der Waals surface area contributed by atoms with E-state index in [4.69, 9.17) is 9.47 Å². The lowest BCUT2D eigenvalue weighted by molar-refractivity contribution is 0.353. The minimum absolute atomic E-state index is 0.680. The Morgan fingerprint density at radius 3 is 2.63 bits per heavy atom. The third-order valence-electron chi connectivity index (χ3n) is 4.23. The largest absolute Gasteiger partial charge is 0.493 e. The summed E-state index contributed by atoms with van der Waals surface area (Å²) in [5.74, 6) is 4.15. The smallest absolute Gasteiger partial charge is 0.160 e. The highest BCUT2D eigenvalue weighted by molar-refractivity contribution is 7.80. The molecule has 1 aromatic carbocycles. The predicted octanol–water partition coefficient (Wildman–Crippen LogP) is 4.30. The molecule has 1 aliphatic carbocycles. The van der Waals surface area contributed by atoms with Crippen LogP contribution in [0.25, 0.3) is 0 Å². The first-order valence-corrected chi connectivity index (χ1v) is 7.76. The molecule has 2 rings (SSSR count). The lowest BCUT2D eigenvalue weighted by Gasteiger charge is -2.21. The second kappa shape index (κ2) is 7.09. The van der Waals surface area contributed by atoms with Crippen LogP contribution in [0.1, 0.15) is 43.6 Å².